The SMILES string of the molecule is O=C(Cc1noc2ccccc12)NCc1ccc(-n2ccc(C(F)(F)F)n2)cc1. The van der Waals surface area contributed by atoms with E-state index in [-0.39, 0.29) is 18.9 Å². The molecule has 1 amide bonds. The van der Waals surface area contributed by atoms with E-state index in [0.29, 0.717) is 17.0 Å². The largest absolute Gasteiger partial charge is 0.435 e. The van der Waals surface area contributed by atoms with Gasteiger partial charge in [-0.1, -0.05) is 29.4 Å². The van der Waals surface area contributed by atoms with Crippen molar-refractivity contribution in [3.63, 3.8) is 0 Å². The van der Waals surface area contributed by atoms with Crippen LogP contribution in [-0.4, -0.2) is 20.8 Å². The fraction of sp³-hybridized carbons (Fsp3) is 0.150. The van der Waals surface area contributed by atoms with Gasteiger partial charge >= 0.3 is 6.18 Å². The van der Waals surface area contributed by atoms with Crippen molar-refractivity contribution in [2.75, 3.05) is 0 Å². The molecular weight excluding hydrogens is 385 g/mol. The normalized spacial score (nSPS) is 11.7. The first kappa shape index (κ1) is 18.7. The van der Waals surface area contributed by atoms with Gasteiger partial charge in [0.15, 0.2) is 11.3 Å². The lowest BCUT2D eigenvalue weighted by molar-refractivity contribution is -0.141. The Bertz CT molecular complexity index is 1150. The molecule has 0 bridgehead atoms. The number of para-hydroxylation sites is 1. The highest BCUT2D eigenvalue weighted by molar-refractivity contribution is 5.86. The molecule has 0 aliphatic carbocycles. The molecular formula is C20H15F3N4O2. The summed E-state index contributed by atoms with van der Waals surface area (Å²) in [4.78, 5) is 12.2. The third-order valence-corrected chi connectivity index (χ3v) is 4.35. The highest BCUT2D eigenvalue weighted by atomic mass is 19.4. The number of hydrogen-bond donors (Lipinski definition) is 1. The lowest BCUT2D eigenvalue weighted by Gasteiger charge is -2.07. The van der Waals surface area contributed by atoms with Crippen LogP contribution in [0.15, 0.2) is 65.3 Å². The molecule has 1 N–H and O–H groups in total. The number of amides is 1. The topological polar surface area (TPSA) is 73.0 Å². The first-order chi connectivity index (χ1) is 13.9. The Hall–Kier alpha value is -3.62. The van der Waals surface area contributed by atoms with Crippen molar-refractivity contribution in [3.8, 4) is 5.69 Å². The quantitative estimate of drug-likeness (QED) is 0.552. The van der Waals surface area contributed by atoms with Gasteiger partial charge in [-0.2, -0.15) is 18.3 Å². The van der Waals surface area contributed by atoms with Gasteiger partial charge in [0.25, 0.3) is 0 Å². The van der Waals surface area contributed by atoms with E-state index in [1.807, 2.05) is 18.2 Å². The summed E-state index contributed by atoms with van der Waals surface area (Å²) in [6, 6.07) is 14.9. The number of halogens is 3. The molecule has 2 aromatic carbocycles. The summed E-state index contributed by atoms with van der Waals surface area (Å²) in [5.74, 6) is -0.213. The van der Waals surface area contributed by atoms with Crippen molar-refractivity contribution in [1.82, 2.24) is 20.3 Å². The summed E-state index contributed by atoms with van der Waals surface area (Å²) >= 11 is 0. The molecule has 0 radical (unpaired) electrons. The van der Waals surface area contributed by atoms with Gasteiger partial charge in [-0.3, -0.25) is 4.79 Å². The third-order valence-electron chi connectivity index (χ3n) is 4.35. The minimum atomic E-state index is -4.48. The lowest BCUT2D eigenvalue weighted by Crippen LogP contribution is -2.24. The fourth-order valence-corrected chi connectivity index (χ4v) is 2.87. The number of aromatic nitrogens is 3. The molecule has 29 heavy (non-hydrogen) atoms. The average molecular weight is 400 g/mol. The van der Waals surface area contributed by atoms with Crippen LogP contribution in [0.5, 0.6) is 0 Å². The Labute approximate surface area is 162 Å². The molecule has 0 saturated carbocycles. The minimum Gasteiger partial charge on any atom is -0.356 e. The molecule has 0 spiro atoms. The Balaban J connectivity index is 1.36. The predicted octanol–water partition coefficient (Wildman–Crippen LogP) is 3.89. The van der Waals surface area contributed by atoms with E-state index in [2.05, 4.69) is 15.6 Å². The van der Waals surface area contributed by atoms with E-state index in [1.54, 1.807) is 30.3 Å². The van der Waals surface area contributed by atoms with E-state index in [4.69, 9.17) is 4.52 Å². The van der Waals surface area contributed by atoms with Crippen LogP contribution in [0.2, 0.25) is 0 Å². The summed E-state index contributed by atoms with van der Waals surface area (Å²) < 4.78 is 44.3. The van der Waals surface area contributed by atoms with Crippen LogP contribution in [0.25, 0.3) is 16.7 Å². The van der Waals surface area contributed by atoms with Gasteiger partial charge in [-0.25, -0.2) is 4.68 Å². The van der Waals surface area contributed by atoms with Gasteiger partial charge in [0.1, 0.15) is 5.69 Å². The standard InChI is InChI=1S/C20H15F3N4O2/c21-20(22,23)18-9-10-27(25-18)14-7-5-13(6-8-14)12-24-19(28)11-16-15-3-1-2-4-17(15)29-26-16/h1-10H,11-12H2,(H,24,28). The molecule has 4 rings (SSSR count). The minimum absolute atomic E-state index is 0.0859. The molecule has 9 heteroatoms. The van der Waals surface area contributed by atoms with Crippen LogP contribution in [0.4, 0.5) is 13.2 Å². The van der Waals surface area contributed by atoms with Crippen molar-refractivity contribution in [3.05, 3.63) is 77.7 Å². The maximum absolute atomic E-state index is 12.7. The van der Waals surface area contributed by atoms with Crippen molar-refractivity contribution >= 4 is 16.9 Å². The van der Waals surface area contributed by atoms with Crippen LogP contribution >= 0.6 is 0 Å². The van der Waals surface area contributed by atoms with E-state index in [9.17, 15) is 18.0 Å². The Morgan fingerprint density at radius 2 is 1.83 bits per heavy atom. The van der Waals surface area contributed by atoms with Crippen LogP contribution in [0.1, 0.15) is 17.0 Å². The second-order valence-corrected chi connectivity index (χ2v) is 6.39. The Morgan fingerprint density at radius 3 is 2.55 bits per heavy atom. The van der Waals surface area contributed by atoms with E-state index < -0.39 is 11.9 Å². The number of alkyl halides is 3. The number of nitrogens with zero attached hydrogens (tertiary/aromatic N) is 3. The first-order valence-electron chi connectivity index (χ1n) is 8.72. The van der Waals surface area contributed by atoms with Crippen molar-refractivity contribution < 1.29 is 22.5 Å². The number of benzene rings is 2. The van der Waals surface area contributed by atoms with Gasteiger partial charge < -0.3 is 9.84 Å². The zero-order chi connectivity index (χ0) is 20.4. The molecule has 0 aliphatic rings. The zero-order valence-corrected chi connectivity index (χ0v) is 15.0. The van der Waals surface area contributed by atoms with Crippen LogP contribution in [-0.2, 0) is 23.9 Å². The maximum Gasteiger partial charge on any atom is 0.435 e. The number of rotatable bonds is 5. The predicted molar refractivity (Wildman–Crippen MR) is 98.1 cm³/mol. The molecule has 6 nitrogen and oxygen atoms in total. The van der Waals surface area contributed by atoms with Gasteiger partial charge in [-0.15, -0.1) is 0 Å². The lowest BCUT2D eigenvalue weighted by atomic mass is 10.1. The van der Waals surface area contributed by atoms with Crippen molar-refractivity contribution in [2.45, 2.75) is 19.1 Å². The summed E-state index contributed by atoms with van der Waals surface area (Å²) in [5, 5.41) is 11.0. The molecule has 2 aromatic heterocycles. The number of carbonyl (C=O) groups is 1. The van der Waals surface area contributed by atoms with Crippen LogP contribution < -0.4 is 5.32 Å². The van der Waals surface area contributed by atoms with Crippen molar-refractivity contribution in [2.24, 2.45) is 0 Å². The number of nitrogens with one attached hydrogen (secondary N) is 1. The zero-order valence-electron chi connectivity index (χ0n) is 15.0. The molecule has 148 valence electrons. The highest BCUT2D eigenvalue weighted by Crippen LogP contribution is 2.27. The van der Waals surface area contributed by atoms with Gasteiger partial charge in [0, 0.05) is 18.1 Å². The molecule has 0 unspecified atom stereocenters. The summed E-state index contributed by atoms with van der Waals surface area (Å²) in [5.41, 5.74) is 1.53. The van der Waals surface area contributed by atoms with Gasteiger partial charge in [-0.05, 0) is 35.9 Å². The fourth-order valence-electron chi connectivity index (χ4n) is 2.87. The second kappa shape index (κ2) is 7.42. The summed E-state index contributed by atoms with van der Waals surface area (Å²) in [6.07, 6.45) is -3.14. The van der Waals surface area contributed by atoms with Crippen molar-refractivity contribution in [1.29, 1.82) is 0 Å². The number of hydrogen-bond acceptors (Lipinski definition) is 4. The highest BCUT2D eigenvalue weighted by Gasteiger charge is 2.33. The molecule has 0 fully saturated rings. The Morgan fingerprint density at radius 1 is 1.07 bits per heavy atom. The van der Waals surface area contributed by atoms with Gasteiger partial charge in [0.05, 0.1) is 12.1 Å². The van der Waals surface area contributed by atoms with Crippen LogP contribution in [0.3, 0.4) is 0 Å². The van der Waals surface area contributed by atoms with Gasteiger partial charge in [0.2, 0.25) is 5.91 Å². The summed E-state index contributed by atoms with van der Waals surface area (Å²) in [6.45, 7) is 0.280. The van der Waals surface area contributed by atoms with Crippen LogP contribution in [0, 0.1) is 0 Å². The Kier molecular flexibility index (Phi) is 4.79. The van der Waals surface area contributed by atoms with E-state index >= 15 is 0 Å². The molecule has 0 saturated heterocycles. The molecule has 4 aromatic rings. The summed E-state index contributed by atoms with van der Waals surface area (Å²) in [7, 11) is 0. The van der Waals surface area contributed by atoms with E-state index in [1.165, 1.54) is 6.20 Å². The molecule has 2 heterocycles. The number of carbonyl (C=O) groups excluding carboxylic acids is 1. The molecule has 0 atom stereocenters. The average Bonchev–Trinajstić information content (AvgIpc) is 3.35. The maximum atomic E-state index is 12.7. The molecule has 0 aliphatic heterocycles. The third kappa shape index (κ3) is 4.13. The number of fused-ring (bicyclic) bond motifs is 1. The smallest absolute Gasteiger partial charge is 0.356 e. The van der Waals surface area contributed by atoms with E-state index in [0.717, 1.165) is 21.7 Å². The second-order valence-electron chi connectivity index (χ2n) is 6.39. The monoisotopic (exact) mass is 400 g/mol. The first-order valence-corrected chi connectivity index (χ1v) is 8.72.